The summed E-state index contributed by atoms with van der Waals surface area (Å²) in [5.74, 6) is -0.671. The molecule has 0 atom stereocenters. The summed E-state index contributed by atoms with van der Waals surface area (Å²) in [5, 5.41) is 0. The fourth-order valence-corrected chi connectivity index (χ4v) is 2.01. The number of aryl methyl sites for hydroxylation is 1. The van der Waals surface area contributed by atoms with E-state index in [1.54, 1.807) is 0 Å². The smallest absolute Gasteiger partial charge is 0.265 e. The second-order valence-corrected chi connectivity index (χ2v) is 5.62. The number of hydrogen-bond acceptors (Lipinski definition) is 3. The number of rotatable bonds is 4. The Morgan fingerprint density at radius 1 is 1.60 bits per heavy atom. The number of nitrogens with two attached hydrogens (primary N) is 1. The van der Waals surface area contributed by atoms with Crippen LogP contribution in [0.4, 0.5) is 0 Å². The van der Waals surface area contributed by atoms with Crippen molar-refractivity contribution in [1.29, 1.82) is 0 Å². The fraction of sp³-hybridized carbons (Fsp3) is 0.375. The first-order valence-corrected chi connectivity index (χ1v) is 6.62. The van der Waals surface area contributed by atoms with Gasteiger partial charge in [0.05, 0.1) is 0 Å². The summed E-state index contributed by atoms with van der Waals surface area (Å²) >= 11 is 0. The topological polar surface area (TPSA) is 82.2 Å². The van der Waals surface area contributed by atoms with Gasteiger partial charge < -0.3 is 10.3 Å². The number of nitrogens with zero attached hydrogens (tertiary/aromatic N) is 1. The van der Waals surface area contributed by atoms with Crippen molar-refractivity contribution < 1.29 is 13.2 Å². The molecule has 1 aromatic heterocycles. The molecule has 1 amide bonds. The summed E-state index contributed by atoms with van der Waals surface area (Å²) in [6.45, 7) is 2.42. The van der Waals surface area contributed by atoms with Crippen LogP contribution in [-0.2, 0) is 15.6 Å². The molecule has 0 unspecified atom stereocenters. The van der Waals surface area contributed by atoms with Gasteiger partial charge in [0, 0.05) is 23.4 Å². The summed E-state index contributed by atoms with van der Waals surface area (Å²) in [7, 11) is 1.34. The molecule has 1 aromatic rings. The van der Waals surface area contributed by atoms with E-state index in [9.17, 15) is 13.2 Å². The second kappa shape index (κ2) is 4.24. The van der Waals surface area contributed by atoms with Gasteiger partial charge in [-0.05, 0) is 12.5 Å². The molecule has 0 radical (unpaired) electrons. The van der Waals surface area contributed by atoms with Crippen molar-refractivity contribution in [3.05, 3.63) is 18.0 Å². The van der Waals surface area contributed by atoms with Crippen LogP contribution in [0.2, 0.25) is 0 Å². The lowest BCUT2D eigenvalue weighted by atomic mass is 10.4. The van der Waals surface area contributed by atoms with Gasteiger partial charge in [-0.25, -0.2) is 8.42 Å². The summed E-state index contributed by atoms with van der Waals surface area (Å²) in [5.41, 5.74) is 5.25. The van der Waals surface area contributed by atoms with E-state index in [2.05, 4.69) is 0 Å². The van der Waals surface area contributed by atoms with Crippen molar-refractivity contribution in [2.45, 2.75) is 24.8 Å². The summed E-state index contributed by atoms with van der Waals surface area (Å²) in [6.07, 6.45) is 2.07. The third-order valence-electron chi connectivity index (χ3n) is 1.87. The Hall–Kier alpha value is -1.01. The molecule has 0 spiro atoms. The Morgan fingerprint density at radius 3 is 2.60 bits per heavy atom. The molecule has 0 saturated carbocycles. The highest BCUT2D eigenvalue weighted by molar-refractivity contribution is 8.13. The van der Waals surface area contributed by atoms with Crippen molar-refractivity contribution >= 4 is 25.6 Å². The first kappa shape index (κ1) is 12.1. The Labute approximate surface area is 92.2 Å². The molecule has 0 aliphatic carbocycles. The highest BCUT2D eigenvalue weighted by Crippen LogP contribution is 2.18. The van der Waals surface area contributed by atoms with Gasteiger partial charge in [-0.3, -0.25) is 4.79 Å². The molecule has 0 aliphatic heterocycles. The summed E-state index contributed by atoms with van der Waals surface area (Å²) in [6, 6.07) is 1.18. The van der Waals surface area contributed by atoms with Crippen LogP contribution in [0.1, 0.15) is 23.8 Å². The largest absolute Gasteiger partial charge is 0.364 e. The molecule has 2 N–H and O–H groups in total. The van der Waals surface area contributed by atoms with E-state index in [4.69, 9.17) is 16.4 Å². The van der Waals surface area contributed by atoms with Gasteiger partial charge in [0.1, 0.15) is 10.6 Å². The van der Waals surface area contributed by atoms with Gasteiger partial charge in [0.2, 0.25) is 0 Å². The second-order valence-electron chi connectivity index (χ2n) is 3.06. The molecule has 5 nitrogen and oxygen atoms in total. The third-order valence-corrected chi connectivity index (χ3v) is 3.19. The lowest BCUT2D eigenvalue weighted by Crippen LogP contribution is -2.16. The van der Waals surface area contributed by atoms with E-state index in [0.717, 1.165) is 6.42 Å². The molecule has 84 valence electrons. The van der Waals surface area contributed by atoms with E-state index in [1.807, 2.05) is 6.92 Å². The van der Waals surface area contributed by atoms with E-state index < -0.39 is 15.0 Å². The number of carbonyl (C=O) groups is 1. The third kappa shape index (κ3) is 2.73. The number of primary amides is 1. The highest BCUT2D eigenvalue weighted by Gasteiger charge is 2.17. The SMILES string of the molecule is CCCn1cc(S(=O)(=O)Cl)cc1C(N)=O. The minimum atomic E-state index is -3.81. The highest BCUT2D eigenvalue weighted by atomic mass is 35.7. The number of carbonyl (C=O) groups excluding carboxylic acids is 1. The Kier molecular flexibility index (Phi) is 3.41. The minimum Gasteiger partial charge on any atom is -0.364 e. The van der Waals surface area contributed by atoms with Gasteiger partial charge in [0.25, 0.3) is 15.0 Å². The minimum absolute atomic E-state index is 0.105. The van der Waals surface area contributed by atoms with Crippen LogP contribution in [0.15, 0.2) is 17.2 Å². The van der Waals surface area contributed by atoms with Crippen LogP contribution in [-0.4, -0.2) is 18.9 Å². The van der Waals surface area contributed by atoms with Crippen molar-refractivity contribution in [2.24, 2.45) is 5.73 Å². The zero-order chi connectivity index (χ0) is 11.6. The first-order valence-electron chi connectivity index (χ1n) is 4.31. The quantitative estimate of drug-likeness (QED) is 0.807. The molecule has 0 aliphatic rings. The zero-order valence-electron chi connectivity index (χ0n) is 8.10. The Balaban J connectivity index is 3.27. The Morgan fingerprint density at radius 2 is 2.20 bits per heavy atom. The summed E-state index contributed by atoms with van der Waals surface area (Å²) < 4.78 is 23.5. The molecule has 0 fully saturated rings. The van der Waals surface area contributed by atoms with Crippen molar-refractivity contribution in [2.75, 3.05) is 0 Å². The average molecular weight is 251 g/mol. The van der Waals surface area contributed by atoms with Crippen LogP contribution in [0.3, 0.4) is 0 Å². The lowest BCUT2D eigenvalue weighted by molar-refractivity contribution is 0.0991. The molecule has 0 aromatic carbocycles. The first-order chi connectivity index (χ1) is 6.86. The predicted molar refractivity (Wildman–Crippen MR) is 56.3 cm³/mol. The molecule has 7 heteroatoms. The van der Waals surface area contributed by atoms with Gasteiger partial charge in [-0.15, -0.1) is 0 Å². The maximum absolute atomic E-state index is 11.0. The zero-order valence-corrected chi connectivity index (χ0v) is 9.68. The molecule has 1 heterocycles. The average Bonchev–Trinajstić information content (AvgIpc) is 2.48. The maximum Gasteiger partial charge on any atom is 0.265 e. The maximum atomic E-state index is 11.0. The van der Waals surface area contributed by atoms with Crippen molar-refractivity contribution in [3.8, 4) is 0 Å². The van der Waals surface area contributed by atoms with Crippen LogP contribution in [0.5, 0.6) is 0 Å². The fourth-order valence-electron chi connectivity index (χ4n) is 1.25. The van der Waals surface area contributed by atoms with Crippen molar-refractivity contribution in [3.63, 3.8) is 0 Å². The number of aromatic nitrogens is 1. The Bertz CT molecular complexity index is 478. The van der Waals surface area contributed by atoms with E-state index in [0.29, 0.717) is 6.54 Å². The van der Waals surface area contributed by atoms with E-state index in [-0.39, 0.29) is 10.6 Å². The van der Waals surface area contributed by atoms with E-state index >= 15 is 0 Å². The van der Waals surface area contributed by atoms with Gasteiger partial charge in [-0.2, -0.15) is 0 Å². The van der Waals surface area contributed by atoms with Crippen LogP contribution in [0.25, 0.3) is 0 Å². The monoisotopic (exact) mass is 250 g/mol. The van der Waals surface area contributed by atoms with E-state index in [1.165, 1.54) is 16.8 Å². The van der Waals surface area contributed by atoms with Gasteiger partial charge >= 0.3 is 0 Å². The number of amides is 1. The lowest BCUT2D eigenvalue weighted by Gasteiger charge is -2.02. The van der Waals surface area contributed by atoms with Crippen molar-refractivity contribution in [1.82, 2.24) is 4.57 Å². The molecular weight excluding hydrogens is 240 g/mol. The standard InChI is InChI=1S/C8H11ClN2O3S/c1-2-3-11-5-6(15(9,13)14)4-7(11)8(10)12/h4-5H,2-3H2,1H3,(H2,10,12). The van der Waals surface area contributed by atoms with Gasteiger partial charge in [-0.1, -0.05) is 6.92 Å². The van der Waals surface area contributed by atoms with Gasteiger partial charge in [0.15, 0.2) is 0 Å². The number of halogens is 1. The predicted octanol–water partition coefficient (Wildman–Crippen LogP) is 0.925. The number of hydrogen-bond donors (Lipinski definition) is 1. The molecular formula is C8H11ClN2O3S. The molecule has 0 saturated heterocycles. The van der Waals surface area contributed by atoms with Crippen LogP contribution < -0.4 is 5.73 Å². The van der Waals surface area contributed by atoms with Crippen LogP contribution >= 0.6 is 10.7 Å². The molecule has 0 bridgehead atoms. The normalized spacial score (nSPS) is 11.6. The van der Waals surface area contributed by atoms with Crippen LogP contribution in [0, 0.1) is 0 Å². The molecule has 15 heavy (non-hydrogen) atoms. The summed E-state index contributed by atoms with van der Waals surface area (Å²) in [4.78, 5) is 10.9. The molecule has 1 rings (SSSR count).